The van der Waals surface area contributed by atoms with E-state index in [-0.39, 0.29) is 6.10 Å². The number of hydrogen-bond acceptors (Lipinski definition) is 4. The standard InChI is InChI=1S/C10H9BrN2O2/c11-8-3-7(4-12)10(13-5-8)15-9-1-2-14-6-9/h3,5,9H,1-2,6H2/t9-/m0/s1. The molecule has 0 saturated carbocycles. The van der Waals surface area contributed by atoms with Crippen LogP contribution >= 0.6 is 15.9 Å². The molecule has 1 saturated heterocycles. The summed E-state index contributed by atoms with van der Waals surface area (Å²) in [6, 6.07) is 3.74. The van der Waals surface area contributed by atoms with Gasteiger partial charge in [-0.2, -0.15) is 5.26 Å². The third kappa shape index (κ3) is 2.46. The molecule has 5 heteroatoms. The van der Waals surface area contributed by atoms with Gasteiger partial charge in [0.15, 0.2) is 0 Å². The van der Waals surface area contributed by atoms with Gasteiger partial charge < -0.3 is 9.47 Å². The lowest BCUT2D eigenvalue weighted by Crippen LogP contribution is -2.17. The van der Waals surface area contributed by atoms with Gasteiger partial charge in [0, 0.05) is 17.1 Å². The Hall–Kier alpha value is -1.12. The monoisotopic (exact) mass is 268 g/mol. The van der Waals surface area contributed by atoms with Crippen molar-refractivity contribution in [2.24, 2.45) is 0 Å². The SMILES string of the molecule is N#Cc1cc(Br)cnc1O[C@H]1CCOC1. The van der Waals surface area contributed by atoms with Crippen molar-refractivity contribution < 1.29 is 9.47 Å². The van der Waals surface area contributed by atoms with Crippen molar-refractivity contribution >= 4 is 15.9 Å². The Bertz CT molecular complexity index is 397. The number of hydrogen-bond donors (Lipinski definition) is 0. The first-order chi connectivity index (χ1) is 7.29. The van der Waals surface area contributed by atoms with Crippen molar-refractivity contribution in [3.8, 4) is 11.9 Å². The Balaban J connectivity index is 2.16. The van der Waals surface area contributed by atoms with Gasteiger partial charge >= 0.3 is 0 Å². The summed E-state index contributed by atoms with van der Waals surface area (Å²) in [5.41, 5.74) is 0.441. The van der Waals surface area contributed by atoms with Crippen LogP contribution in [0.3, 0.4) is 0 Å². The van der Waals surface area contributed by atoms with E-state index in [1.54, 1.807) is 12.3 Å². The van der Waals surface area contributed by atoms with Crippen LogP contribution in [-0.4, -0.2) is 24.3 Å². The Morgan fingerprint density at radius 3 is 3.20 bits per heavy atom. The molecular formula is C10H9BrN2O2. The Morgan fingerprint density at radius 2 is 2.53 bits per heavy atom. The highest BCUT2D eigenvalue weighted by Crippen LogP contribution is 2.21. The van der Waals surface area contributed by atoms with Crippen LogP contribution in [0.2, 0.25) is 0 Å². The highest BCUT2D eigenvalue weighted by molar-refractivity contribution is 9.10. The molecule has 1 aromatic rings. The van der Waals surface area contributed by atoms with Gasteiger partial charge in [-0.3, -0.25) is 0 Å². The summed E-state index contributed by atoms with van der Waals surface area (Å²) in [7, 11) is 0. The second-order valence-electron chi connectivity index (χ2n) is 3.22. The fraction of sp³-hybridized carbons (Fsp3) is 0.400. The topological polar surface area (TPSA) is 55.1 Å². The Kier molecular flexibility index (Phi) is 3.19. The second-order valence-corrected chi connectivity index (χ2v) is 4.14. The Labute approximate surface area is 96.0 Å². The summed E-state index contributed by atoms with van der Waals surface area (Å²) >= 11 is 3.26. The van der Waals surface area contributed by atoms with Crippen LogP contribution in [0.5, 0.6) is 5.88 Å². The lowest BCUT2D eigenvalue weighted by Gasteiger charge is -2.11. The first-order valence-electron chi connectivity index (χ1n) is 4.59. The zero-order valence-corrected chi connectivity index (χ0v) is 9.53. The third-order valence-electron chi connectivity index (χ3n) is 2.10. The molecule has 1 aliphatic rings. The highest BCUT2D eigenvalue weighted by Gasteiger charge is 2.19. The van der Waals surface area contributed by atoms with E-state index in [0.717, 1.165) is 10.9 Å². The molecule has 0 N–H and O–H groups in total. The first kappa shape index (κ1) is 10.4. The molecule has 0 amide bonds. The molecule has 78 valence electrons. The van der Waals surface area contributed by atoms with E-state index in [0.29, 0.717) is 24.7 Å². The van der Waals surface area contributed by atoms with Gasteiger partial charge in [0.2, 0.25) is 5.88 Å². The predicted octanol–water partition coefficient (Wildman–Crippen LogP) is 1.88. The van der Waals surface area contributed by atoms with Crippen molar-refractivity contribution in [2.45, 2.75) is 12.5 Å². The fourth-order valence-corrected chi connectivity index (χ4v) is 1.70. The molecule has 1 fully saturated rings. The number of halogens is 1. The number of aromatic nitrogens is 1. The maximum absolute atomic E-state index is 8.89. The molecule has 15 heavy (non-hydrogen) atoms. The smallest absolute Gasteiger partial charge is 0.232 e. The minimum atomic E-state index is 0.0192. The van der Waals surface area contributed by atoms with Crippen LogP contribution in [0.15, 0.2) is 16.7 Å². The van der Waals surface area contributed by atoms with Crippen LogP contribution in [0.1, 0.15) is 12.0 Å². The van der Waals surface area contributed by atoms with E-state index in [2.05, 4.69) is 27.0 Å². The van der Waals surface area contributed by atoms with Gasteiger partial charge in [-0.05, 0) is 22.0 Å². The van der Waals surface area contributed by atoms with Crippen LogP contribution in [0.4, 0.5) is 0 Å². The molecule has 1 atom stereocenters. The lowest BCUT2D eigenvalue weighted by molar-refractivity contribution is 0.138. The molecule has 0 bridgehead atoms. The zero-order chi connectivity index (χ0) is 10.7. The predicted molar refractivity (Wildman–Crippen MR) is 56.5 cm³/mol. The first-order valence-corrected chi connectivity index (χ1v) is 5.39. The molecule has 0 unspecified atom stereocenters. The van der Waals surface area contributed by atoms with E-state index in [9.17, 15) is 0 Å². The summed E-state index contributed by atoms with van der Waals surface area (Å²) in [6.07, 6.45) is 2.49. The number of nitrogens with zero attached hydrogens (tertiary/aromatic N) is 2. The molecule has 0 spiro atoms. The second kappa shape index (κ2) is 4.60. The van der Waals surface area contributed by atoms with Gasteiger partial charge in [0.25, 0.3) is 0 Å². The van der Waals surface area contributed by atoms with Crippen molar-refractivity contribution in [3.63, 3.8) is 0 Å². The fourth-order valence-electron chi connectivity index (χ4n) is 1.36. The van der Waals surface area contributed by atoms with Gasteiger partial charge in [0.05, 0.1) is 13.2 Å². The molecule has 2 rings (SSSR count). The summed E-state index contributed by atoms with van der Waals surface area (Å²) in [6.45, 7) is 1.28. The lowest BCUT2D eigenvalue weighted by atomic mass is 10.3. The van der Waals surface area contributed by atoms with Gasteiger partial charge in [-0.25, -0.2) is 4.98 Å². The van der Waals surface area contributed by atoms with E-state index in [1.807, 2.05) is 0 Å². The maximum atomic E-state index is 8.89. The largest absolute Gasteiger partial charge is 0.471 e. The van der Waals surface area contributed by atoms with E-state index < -0.39 is 0 Å². The summed E-state index contributed by atoms with van der Waals surface area (Å²) < 4.78 is 11.5. The molecule has 0 radical (unpaired) electrons. The van der Waals surface area contributed by atoms with Crippen LogP contribution in [0, 0.1) is 11.3 Å². The number of rotatable bonds is 2. The number of pyridine rings is 1. The van der Waals surface area contributed by atoms with Crippen molar-refractivity contribution in [2.75, 3.05) is 13.2 Å². The van der Waals surface area contributed by atoms with Crippen molar-refractivity contribution in [1.82, 2.24) is 4.98 Å². The summed E-state index contributed by atoms with van der Waals surface area (Å²) in [5, 5.41) is 8.89. The van der Waals surface area contributed by atoms with E-state index in [4.69, 9.17) is 14.7 Å². The average molecular weight is 269 g/mol. The summed E-state index contributed by atoms with van der Waals surface area (Å²) in [4.78, 5) is 4.07. The van der Waals surface area contributed by atoms with Crippen molar-refractivity contribution in [1.29, 1.82) is 5.26 Å². The normalized spacial score (nSPS) is 19.9. The average Bonchev–Trinajstić information content (AvgIpc) is 2.73. The van der Waals surface area contributed by atoms with E-state index in [1.165, 1.54) is 0 Å². The van der Waals surface area contributed by atoms with Crippen LogP contribution in [-0.2, 0) is 4.74 Å². The van der Waals surface area contributed by atoms with Crippen molar-refractivity contribution in [3.05, 3.63) is 22.3 Å². The molecule has 0 aromatic carbocycles. The molecule has 4 nitrogen and oxygen atoms in total. The van der Waals surface area contributed by atoms with Crippen LogP contribution < -0.4 is 4.74 Å². The third-order valence-corrected chi connectivity index (χ3v) is 2.54. The minimum Gasteiger partial charge on any atom is -0.471 e. The van der Waals surface area contributed by atoms with Crippen LogP contribution in [0.25, 0.3) is 0 Å². The van der Waals surface area contributed by atoms with Gasteiger partial charge in [-0.15, -0.1) is 0 Å². The molecule has 1 aromatic heterocycles. The highest BCUT2D eigenvalue weighted by atomic mass is 79.9. The molecule has 2 heterocycles. The molecule has 0 aliphatic carbocycles. The summed E-state index contributed by atoms with van der Waals surface area (Å²) in [5.74, 6) is 0.385. The number of nitriles is 1. The quantitative estimate of drug-likeness (QED) is 0.822. The Morgan fingerprint density at radius 1 is 1.67 bits per heavy atom. The minimum absolute atomic E-state index is 0.0192. The molecule has 1 aliphatic heterocycles. The van der Waals surface area contributed by atoms with Gasteiger partial charge in [-0.1, -0.05) is 0 Å². The number of ether oxygens (including phenoxy) is 2. The zero-order valence-electron chi connectivity index (χ0n) is 7.94. The molecular weight excluding hydrogens is 260 g/mol. The van der Waals surface area contributed by atoms with E-state index >= 15 is 0 Å². The van der Waals surface area contributed by atoms with Gasteiger partial charge in [0.1, 0.15) is 17.7 Å². The maximum Gasteiger partial charge on any atom is 0.232 e.